The Morgan fingerprint density at radius 3 is 0.800 bits per heavy atom. The van der Waals surface area contributed by atoms with Crippen LogP contribution in [0.1, 0.15) is 183 Å². The first-order valence-corrected chi connectivity index (χ1v) is 24.5. The van der Waals surface area contributed by atoms with Crippen LogP contribution >= 0.6 is 0 Å². The van der Waals surface area contributed by atoms with E-state index in [2.05, 4.69) is 78.8 Å². The highest BCUT2D eigenvalue weighted by Crippen LogP contribution is 2.52. The van der Waals surface area contributed by atoms with E-state index in [0.717, 1.165) is 202 Å². The van der Waals surface area contributed by atoms with Crippen LogP contribution in [0.25, 0.3) is 32.3 Å². The fourth-order valence-electron chi connectivity index (χ4n) is 7.65. The van der Waals surface area contributed by atoms with E-state index in [0.29, 0.717) is 52.0 Å². The summed E-state index contributed by atoms with van der Waals surface area (Å²) in [5.41, 5.74) is 0. The zero-order valence-electron chi connectivity index (χ0n) is 39.0. The lowest BCUT2D eigenvalue weighted by Gasteiger charge is -2.23. The van der Waals surface area contributed by atoms with E-state index in [9.17, 15) is 0 Å². The number of unbranched alkanes of at least 4 members (excludes halogenated alkanes) is 14. The van der Waals surface area contributed by atoms with Gasteiger partial charge in [0.15, 0.2) is 34.5 Å². The van der Waals surface area contributed by atoms with E-state index >= 15 is 0 Å². The molecule has 0 radical (unpaired) electrons. The number of benzene rings is 4. The molecule has 7 nitrogen and oxygen atoms in total. The molecule has 0 spiro atoms. The Labute approximate surface area is 364 Å². The molecular formula is C53H82O7. The summed E-state index contributed by atoms with van der Waals surface area (Å²) in [6.45, 7) is 19.9. The second kappa shape index (κ2) is 28.7. The van der Waals surface area contributed by atoms with Crippen molar-refractivity contribution in [2.24, 2.45) is 0 Å². The highest BCUT2D eigenvalue weighted by molar-refractivity contribution is 6.28. The molecule has 0 atom stereocenters. The smallest absolute Gasteiger partial charge is 0.204 e. The standard InChI is InChI=1S/C53H82O7/c1-8-15-22-29-54-46-36-41-42-37-48(56-31-24-17-10-3)49(57-32-25-18-11-4)39-44(42)51-45(43(41)38-47(46)55-30-23-16-9-2)40-50(58-33-26-19-12-5)52(59-34-27-20-13-6)53(51)60-35-28-21-14-7/h36-40H,8-35H2,1-7H3. The van der Waals surface area contributed by atoms with Crippen molar-refractivity contribution in [2.45, 2.75) is 183 Å². The van der Waals surface area contributed by atoms with E-state index in [1.54, 1.807) is 0 Å². The average Bonchev–Trinajstić information content (AvgIpc) is 3.26. The van der Waals surface area contributed by atoms with Crippen LogP contribution in [0.3, 0.4) is 0 Å². The van der Waals surface area contributed by atoms with Crippen LogP contribution in [0.2, 0.25) is 0 Å². The topological polar surface area (TPSA) is 64.6 Å². The van der Waals surface area contributed by atoms with Crippen LogP contribution in [0, 0.1) is 0 Å². The summed E-state index contributed by atoms with van der Waals surface area (Å²) in [4.78, 5) is 0. The maximum Gasteiger partial charge on any atom is 0.204 e. The molecule has 0 saturated heterocycles. The summed E-state index contributed by atoms with van der Waals surface area (Å²) < 4.78 is 47.1. The minimum atomic E-state index is 0.586. The van der Waals surface area contributed by atoms with Crippen LogP contribution in [0.4, 0.5) is 0 Å². The van der Waals surface area contributed by atoms with Gasteiger partial charge in [-0.15, -0.1) is 0 Å². The zero-order chi connectivity index (χ0) is 42.8. The molecule has 0 aliphatic heterocycles. The van der Waals surface area contributed by atoms with E-state index in [-0.39, 0.29) is 0 Å². The van der Waals surface area contributed by atoms with E-state index in [1.807, 2.05) is 0 Å². The lowest BCUT2D eigenvalue weighted by molar-refractivity contribution is 0.237. The molecule has 4 rings (SSSR count). The highest BCUT2D eigenvalue weighted by atomic mass is 16.5. The molecule has 4 aromatic carbocycles. The first-order chi connectivity index (χ1) is 29.6. The molecule has 7 heteroatoms. The van der Waals surface area contributed by atoms with E-state index < -0.39 is 0 Å². The lowest BCUT2D eigenvalue weighted by Crippen LogP contribution is -2.07. The average molecular weight is 831 g/mol. The van der Waals surface area contributed by atoms with Crippen molar-refractivity contribution in [2.75, 3.05) is 46.2 Å². The van der Waals surface area contributed by atoms with Gasteiger partial charge in [-0.2, -0.15) is 0 Å². The molecule has 60 heavy (non-hydrogen) atoms. The molecular weight excluding hydrogens is 749 g/mol. The normalized spacial score (nSPS) is 11.4. The Balaban J connectivity index is 2.13. The third-order valence-electron chi connectivity index (χ3n) is 11.2. The Hall–Kier alpha value is -3.74. The fraction of sp³-hybridized carbons (Fsp3) is 0.660. The van der Waals surface area contributed by atoms with Crippen LogP contribution in [0.15, 0.2) is 30.3 Å². The maximum absolute atomic E-state index is 7.00. The van der Waals surface area contributed by atoms with Gasteiger partial charge >= 0.3 is 0 Å². The molecule has 0 heterocycles. The second-order valence-corrected chi connectivity index (χ2v) is 16.5. The Morgan fingerprint density at radius 1 is 0.250 bits per heavy atom. The number of rotatable bonds is 35. The minimum absolute atomic E-state index is 0.586. The van der Waals surface area contributed by atoms with Crippen LogP contribution in [0.5, 0.6) is 40.2 Å². The van der Waals surface area contributed by atoms with Gasteiger partial charge < -0.3 is 33.2 Å². The first-order valence-electron chi connectivity index (χ1n) is 24.5. The van der Waals surface area contributed by atoms with Gasteiger partial charge in [0.2, 0.25) is 5.75 Å². The molecule has 0 N–H and O–H groups in total. The van der Waals surface area contributed by atoms with Crippen LogP contribution < -0.4 is 33.2 Å². The molecule has 0 fully saturated rings. The van der Waals surface area contributed by atoms with Crippen molar-refractivity contribution in [3.63, 3.8) is 0 Å². The number of hydrogen-bond donors (Lipinski definition) is 0. The molecule has 0 amide bonds. The monoisotopic (exact) mass is 831 g/mol. The van der Waals surface area contributed by atoms with Gasteiger partial charge in [0.05, 0.1) is 46.2 Å². The van der Waals surface area contributed by atoms with Gasteiger partial charge in [0.1, 0.15) is 0 Å². The van der Waals surface area contributed by atoms with E-state index in [1.165, 1.54) is 0 Å². The highest BCUT2D eigenvalue weighted by Gasteiger charge is 2.25. The lowest BCUT2D eigenvalue weighted by atomic mass is 9.92. The molecule has 0 unspecified atom stereocenters. The summed E-state index contributed by atoms with van der Waals surface area (Å²) in [7, 11) is 0. The van der Waals surface area contributed by atoms with Crippen molar-refractivity contribution in [1.82, 2.24) is 0 Å². The van der Waals surface area contributed by atoms with Crippen molar-refractivity contribution in [3.8, 4) is 40.2 Å². The van der Waals surface area contributed by atoms with Gasteiger partial charge in [-0.05, 0) is 102 Å². The largest absolute Gasteiger partial charge is 0.490 e. The van der Waals surface area contributed by atoms with Gasteiger partial charge in [-0.1, -0.05) is 138 Å². The van der Waals surface area contributed by atoms with Gasteiger partial charge in [0.25, 0.3) is 0 Å². The SMILES string of the molecule is CCCCCOc1cc2c3cc(OCCCCC)c(OCCCCC)cc3c3c(OCCCCC)c(OCCCCC)c(OCCCCC)cc3c2cc1OCCCCC. The van der Waals surface area contributed by atoms with Crippen molar-refractivity contribution in [3.05, 3.63) is 30.3 Å². The molecule has 0 aliphatic rings. The van der Waals surface area contributed by atoms with Gasteiger partial charge in [-0.25, -0.2) is 0 Å². The Morgan fingerprint density at radius 2 is 0.483 bits per heavy atom. The minimum Gasteiger partial charge on any atom is -0.490 e. The second-order valence-electron chi connectivity index (χ2n) is 16.5. The molecule has 0 aromatic heterocycles. The first kappa shape index (κ1) is 48.9. The summed E-state index contributed by atoms with van der Waals surface area (Å²) in [5, 5.41) is 6.28. The maximum atomic E-state index is 7.00. The summed E-state index contributed by atoms with van der Waals surface area (Å²) >= 11 is 0. The van der Waals surface area contributed by atoms with Crippen molar-refractivity contribution < 1.29 is 33.2 Å². The number of fused-ring (bicyclic) bond motifs is 6. The molecule has 0 aliphatic carbocycles. The third-order valence-corrected chi connectivity index (χ3v) is 11.2. The zero-order valence-corrected chi connectivity index (χ0v) is 39.0. The van der Waals surface area contributed by atoms with Gasteiger partial charge in [0, 0.05) is 5.39 Å². The summed E-state index contributed by atoms with van der Waals surface area (Å²) in [6.07, 6.45) is 22.5. The van der Waals surface area contributed by atoms with Crippen LogP contribution in [-0.4, -0.2) is 46.2 Å². The Bertz CT molecular complexity index is 1740. The van der Waals surface area contributed by atoms with E-state index in [4.69, 9.17) is 33.2 Å². The predicted molar refractivity (Wildman–Crippen MR) is 254 cm³/mol. The van der Waals surface area contributed by atoms with Gasteiger partial charge in [-0.3, -0.25) is 0 Å². The summed E-state index contributed by atoms with van der Waals surface area (Å²) in [5.74, 6) is 5.28. The van der Waals surface area contributed by atoms with Crippen molar-refractivity contribution >= 4 is 32.3 Å². The molecule has 4 aromatic rings. The third kappa shape index (κ3) is 14.7. The van der Waals surface area contributed by atoms with Crippen molar-refractivity contribution in [1.29, 1.82) is 0 Å². The summed E-state index contributed by atoms with van der Waals surface area (Å²) in [6, 6.07) is 11.0. The number of ether oxygens (including phenoxy) is 7. The molecule has 336 valence electrons. The number of hydrogen-bond acceptors (Lipinski definition) is 7. The molecule has 0 bridgehead atoms. The predicted octanol–water partition coefficient (Wildman–Crippen LogP) is 16.1. The molecule has 0 saturated carbocycles. The van der Waals surface area contributed by atoms with Crippen LogP contribution in [-0.2, 0) is 0 Å². The quantitative estimate of drug-likeness (QED) is 0.0338. The fourth-order valence-corrected chi connectivity index (χ4v) is 7.65. The Kier molecular flexibility index (Phi) is 23.4.